The number of aromatic nitrogens is 3. The van der Waals surface area contributed by atoms with Crippen LogP contribution in [0, 0.1) is 5.92 Å². The first-order chi connectivity index (χ1) is 16.3. The smallest absolute Gasteiger partial charge is 0.276 e. The molecule has 11 nitrogen and oxygen atoms in total. The van der Waals surface area contributed by atoms with Gasteiger partial charge in [0.05, 0.1) is 11.9 Å². The highest BCUT2D eigenvalue weighted by atomic mass is 16.2. The lowest BCUT2D eigenvalue weighted by Gasteiger charge is -2.29. The Labute approximate surface area is 196 Å². The normalized spacial score (nSPS) is 23.6. The highest BCUT2D eigenvalue weighted by molar-refractivity contribution is 6.05. The van der Waals surface area contributed by atoms with Crippen LogP contribution in [-0.2, 0) is 16.1 Å². The third-order valence-corrected chi connectivity index (χ3v) is 6.68. The first-order valence-corrected chi connectivity index (χ1v) is 11.5. The number of amides is 4. The fourth-order valence-corrected chi connectivity index (χ4v) is 4.96. The van der Waals surface area contributed by atoms with Crippen LogP contribution in [0.15, 0.2) is 24.4 Å². The van der Waals surface area contributed by atoms with Crippen LogP contribution >= 0.6 is 0 Å². The number of hydrogen-bond acceptors (Lipinski definition) is 7. The second-order valence-corrected chi connectivity index (χ2v) is 9.41. The lowest BCUT2D eigenvalue weighted by atomic mass is 10.0. The van der Waals surface area contributed by atoms with Gasteiger partial charge in [-0.25, -0.2) is 4.68 Å². The Bertz CT molecular complexity index is 1180. The molecule has 5 rings (SSSR count). The number of carbonyl (C=O) groups excluding carboxylic acids is 4. The van der Waals surface area contributed by atoms with Crippen LogP contribution in [0.1, 0.15) is 46.2 Å². The van der Waals surface area contributed by atoms with Crippen LogP contribution in [-0.4, -0.2) is 92.6 Å². The molecule has 4 amide bonds. The minimum atomic E-state index is -0.660. The number of hydrogen-bond donors (Lipinski definition) is 1. The Balaban J connectivity index is 1.33. The molecule has 2 unspecified atom stereocenters. The van der Waals surface area contributed by atoms with Gasteiger partial charge in [0.2, 0.25) is 11.8 Å². The topological polar surface area (TPSA) is 121 Å². The van der Waals surface area contributed by atoms with Crippen molar-refractivity contribution in [2.24, 2.45) is 5.92 Å². The quantitative estimate of drug-likeness (QED) is 0.636. The fraction of sp³-hybridized carbons (Fsp3) is 0.478. The van der Waals surface area contributed by atoms with E-state index in [0.29, 0.717) is 43.2 Å². The SMILES string of the molecule is CC1CN(C)CCN(C(=O)c2cn(-c3ccc4c(c3)C(=O)N(C3CCC(=O)NC3=O)C4)nn2)C1. The summed E-state index contributed by atoms with van der Waals surface area (Å²) in [6.07, 6.45) is 2.11. The molecule has 0 bridgehead atoms. The molecule has 0 spiro atoms. The van der Waals surface area contributed by atoms with E-state index in [0.717, 1.165) is 18.7 Å². The highest BCUT2D eigenvalue weighted by Crippen LogP contribution is 2.29. The molecular weight excluding hydrogens is 438 g/mol. The van der Waals surface area contributed by atoms with Crippen molar-refractivity contribution in [1.29, 1.82) is 0 Å². The Morgan fingerprint density at radius 3 is 2.76 bits per heavy atom. The number of rotatable bonds is 3. The van der Waals surface area contributed by atoms with Crippen LogP contribution in [0.25, 0.3) is 5.69 Å². The Morgan fingerprint density at radius 2 is 1.97 bits per heavy atom. The molecule has 2 fully saturated rings. The van der Waals surface area contributed by atoms with E-state index in [-0.39, 0.29) is 29.8 Å². The summed E-state index contributed by atoms with van der Waals surface area (Å²) < 4.78 is 1.49. The maximum Gasteiger partial charge on any atom is 0.276 e. The monoisotopic (exact) mass is 465 g/mol. The van der Waals surface area contributed by atoms with Crippen molar-refractivity contribution in [3.8, 4) is 5.69 Å². The van der Waals surface area contributed by atoms with Gasteiger partial charge in [0, 0.05) is 44.7 Å². The molecule has 1 N–H and O–H groups in total. The largest absolute Gasteiger partial charge is 0.336 e. The maximum absolute atomic E-state index is 13.1. The molecule has 2 atom stereocenters. The van der Waals surface area contributed by atoms with E-state index in [9.17, 15) is 19.2 Å². The number of benzene rings is 1. The van der Waals surface area contributed by atoms with Crippen LogP contribution in [0.3, 0.4) is 0 Å². The van der Waals surface area contributed by atoms with Gasteiger partial charge < -0.3 is 14.7 Å². The van der Waals surface area contributed by atoms with Crippen molar-refractivity contribution in [2.45, 2.75) is 32.4 Å². The molecule has 1 aromatic carbocycles. The van der Waals surface area contributed by atoms with E-state index < -0.39 is 11.9 Å². The Hall–Kier alpha value is -3.60. The van der Waals surface area contributed by atoms with Crippen molar-refractivity contribution >= 4 is 23.6 Å². The number of piperidine rings is 1. The molecule has 0 radical (unpaired) electrons. The summed E-state index contributed by atoms with van der Waals surface area (Å²) >= 11 is 0. The first kappa shape index (κ1) is 22.2. The molecule has 3 aliphatic heterocycles. The van der Waals surface area contributed by atoms with Gasteiger partial charge in [-0.2, -0.15) is 0 Å². The summed E-state index contributed by atoms with van der Waals surface area (Å²) in [5, 5.41) is 10.5. The third kappa shape index (κ3) is 4.07. The van der Waals surface area contributed by atoms with Crippen LogP contribution < -0.4 is 5.32 Å². The minimum absolute atomic E-state index is 0.158. The summed E-state index contributed by atoms with van der Waals surface area (Å²) in [6.45, 7) is 5.48. The molecule has 11 heteroatoms. The summed E-state index contributed by atoms with van der Waals surface area (Å²) in [5.41, 5.74) is 2.15. The van der Waals surface area contributed by atoms with Gasteiger partial charge in [-0.1, -0.05) is 18.2 Å². The minimum Gasteiger partial charge on any atom is -0.336 e. The van der Waals surface area contributed by atoms with Crippen molar-refractivity contribution in [3.05, 3.63) is 41.2 Å². The fourth-order valence-electron chi connectivity index (χ4n) is 4.96. The van der Waals surface area contributed by atoms with Gasteiger partial charge in [-0.05, 0) is 37.1 Å². The van der Waals surface area contributed by atoms with Gasteiger partial charge in [0.25, 0.3) is 11.8 Å². The summed E-state index contributed by atoms with van der Waals surface area (Å²) in [4.78, 5) is 55.3. The number of nitrogens with one attached hydrogen (secondary N) is 1. The van der Waals surface area contributed by atoms with Gasteiger partial charge >= 0.3 is 0 Å². The van der Waals surface area contributed by atoms with Crippen molar-refractivity contribution in [2.75, 3.05) is 33.2 Å². The Morgan fingerprint density at radius 1 is 1.15 bits per heavy atom. The molecular formula is C23H27N7O4. The maximum atomic E-state index is 13.1. The molecule has 0 aliphatic carbocycles. The van der Waals surface area contributed by atoms with E-state index in [1.165, 1.54) is 9.58 Å². The number of nitrogens with zero attached hydrogens (tertiary/aromatic N) is 6. The zero-order chi connectivity index (χ0) is 24.0. The highest BCUT2D eigenvalue weighted by Gasteiger charge is 2.39. The van der Waals surface area contributed by atoms with E-state index in [1.54, 1.807) is 12.3 Å². The van der Waals surface area contributed by atoms with Crippen LogP contribution in [0.2, 0.25) is 0 Å². The molecule has 34 heavy (non-hydrogen) atoms. The van der Waals surface area contributed by atoms with E-state index in [4.69, 9.17) is 0 Å². The van der Waals surface area contributed by atoms with Crippen molar-refractivity contribution in [1.82, 2.24) is 35.0 Å². The summed E-state index contributed by atoms with van der Waals surface area (Å²) in [5.74, 6) is -0.807. The van der Waals surface area contributed by atoms with E-state index >= 15 is 0 Å². The molecule has 0 saturated carbocycles. The average molecular weight is 466 g/mol. The second-order valence-electron chi connectivity index (χ2n) is 9.41. The Kier molecular flexibility index (Phi) is 5.64. The molecule has 2 aromatic rings. The van der Waals surface area contributed by atoms with Crippen molar-refractivity contribution < 1.29 is 19.2 Å². The standard InChI is InChI=1S/C23H27N7O4/c1-14-10-27(2)7-8-28(11-14)23(34)18-13-30(26-25-18)16-4-3-15-12-29(22(33)17(15)9-16)19-5-6-20(31)24-21(19)32/h3-4,9,13-14,19H,5-8,10-12H2,1-2H3,(H,24,31,32). The average Bonchev–Trinajstić information content (AvgIpc) is 3.36. The molecule has 4 heterocycles. The van der Waals surface area contributed by atoms with Gasteiger partial charge in [0.1, 0.15) is 6.04 Å². The molecule has 2 saturated heterocycles. The summed E-state index contributed by atoms with van der Waals surface area (Å²) in [7, 11) is 2.05. The predicted octanol–water partition coefficient (Wildman–Crippen LogP) is 0.0520. The predicted molar refractivity (Wildman–Crippen MR) is 120 cm³/mol. The zero-order valence-corrected chi connectivity index (χ0v) is 19.2. The molecule has 3 aliphatic rings. The molecule has 1 aromatic heterocycles. The lowest BCUT2D eigenvalue weighted by molar-refractivity contribution is -0.136. The molecule has 178 valence electrons. The summed E-state index contributed by atoms with van der Waals surface area (Å²) in [6, 6.07) is 4.68. The van der Waals surface area contributed by atoms with Gasteiger partial charge in [0.15, 0.2) is 5.69 Å². The number of fused-ring (bicyclic) bond motifs is 1. The van der Waals surface area contributed by atoms with Crippen LogP contribution in [0.5, 0.6) is 0 Å². The number of likely N-dealkylation sites (N-methyl/N-ethyl adjacent to an activating group) is 1. The van der Waals surface area contributed by atoms with E-state index in [2.05, 4.69) is 34.5 Å². The second kappa shape index (κ2) is 8.64. The first-order valence-electron chi connectivity index (χ1n) is 11.5. The van der Waals surface area contributed by atoms with Gasteiger partial charge in [-0.3, -0.25) is 24.5 Å². The van der Waals surface area contributed by atoms with Crippen LogP contribution in [0.4, 0.5) is 0 Å². The van der Waals surface area contributed by atoms with E-state index in [1.807, 2.05) is 17.0 Å². The third-order valence-electron chi connectivity index (χ3n) is 6.68. The number of imide groups is 1. The lowest BCUT2D eigenvalue weighted by Crippen LogP contribution is -2.52. The number of carbonyl (C=O) groups is 4. The zero-order valence-electron chi connectivity index (χ0n) is 19.2. The van der Waals surface area contributed by atoms with Gasteiger partial charge in [-0.15, -0.1) is 5.10 Å². The van der Waals surface area contributed by atoms with Crippen molar-refractivity contribution in [3.63, 3.8) is 0 Å².